The predicted octanol–water partition coefficient (Wildman–Crippen LogP) is 8.12. The second-order valence-electron chi connectivity index (χ2n) is 7.52. The summed E-state index contributed by atoms with van der Waals surface area (Å²) >= 11 is 0. The third-order valence-corrected chi connectivity index (χ3v) is 4.39. The average molecular weight is 584 g/mol. The van der Waals surface area contributed by atoms with Crippen LogP contribution in [0.5, 0.6) is 28.7 Å². The van der Waals surface area contributed by atoms with Gasteiger partial charge in [0.15, 0.2) is 0 Å². The quantitative estimate of drug-likeness (QED) is 0.182. The molecule has 0 aliphatic heterocycles. The lowest BCUT2D eigenvalue weighted by Crippen LogP contribution is -2.16. The van der Waals surface area contributed by atoms with Gasteiger partial charge in [-0.1, -0.05) is 0 Å². The van der Waals surface area contributed by atoms with Crippen molar-refractivity contribution in [3.63, 3.8) is 0 Å². The Balaban J connectivity index is 0.000000237. The first-order valence-corrected chi connectivity index (χ1v) is 11.1. The Labute approximate surface area is 228 Å². The fourth-order valence-electron chi connectivity index (χ4n) is 2.65. The van der Waals surface area contributed by atoms with Crippen molar-refractivity contribution in [2.24, 2.45) is 0 Å². The van der Waals surface area contributed by atoms with Crippen molar-refractivity contribution in [2.45, 2.75) is 12.7 Å². The molecule has 216 valence electrons. The van der Waals surface area contributed by atoms with Crippen LogP contribution in [0, 0.1) is 5.82 Å². The summed E-state index contributed by atoms with van der Waals surface area (Å²) in [6.45, 7) is 0. The number of benzene rings is 4. The summed E-state index contributed by atoms with van der Waals surface area (Å²) < 4.78 is 95.4. The molecule has 1 N–H and O–H groups in total. The number of phenolic OH excluding ortho intramolecular Hbond substituents is 1. The molecule has 0 fully saturated rings. The maximum absolute atomic E-state index is 12.1. The van der Waals surface area contributed by atoms with E-state index in [0.717, 1.165) is 36.4 Å². The molecule has 0 saturated heterocycles. The van der Waals surface area contributed by atoms with E-state index in [9.17, 15) is 40.3 Å². The molecule has 4 aromatic rings. The molecule has 4 rings (SSSR count). The lowest BCUT2D eigenvalue weighted by molar-refractivity contribution is -0.275. The summed E-state index contributed by atoms with van der Waals surface area (Å²) in [7, 11) is 0. The van der Waals surface area contributed by atoms with Crippen LogP contribution in [-0.4, -0.2) is 30.4 Å². The van der Waals surface area contributed by atoms with Crippen LogP contribution in [0.3, 0.4) is 0 Å². The average Bonchev–Trinajstić information content (AvgIpc) is 2.91. The largest absolute Gasteiger partial charge is 0.573 e. The summed E-state index contributed by atoms with van der Waals surface area (Å²) in [5, 5.41) is 8.72. The summed E-state index contributed by atoms with van der Waals surface area (Å²) in [4.78, 5) is 20.5. The maximum Gasteiger partial charge on any atom is 0.573 e. The summed E-state index contributed by atoms with van der Waals surface area (Å²) in [5.41, 5.74) is 1.00. The minimum Gasteiger partial charge on any atom is -0.508 e. The molecule has 6 nitrogen and oxygen atoms in total. The van der Waals surface area contributed by atoms with Gasteiger partial charge in [-0.05, 0) is 97.1 Å². The molecule has 0 atom stereocenters. The Kier molecular flexibility index (Phi) is 11.7. The number of rotatable bonds is 6. The van der Waals surface area contributed by atoms with Crippen molar-refractivity contribution < 1.29 is 59.6 Å². The third-order valence-electron chi connectivity index (χ3n) is 4.39. The maximum atomic E-state index is 12.1. The second kappa shape index (κ2) is 14.9. The number of carbonyl (C=O) groups is 2. The first kappa shape index (κ1) is 32.1. The first-order chi connectivity index (χ1) is 19.3. The SMILES string of the molecule is O=Cc1ccc(F)cc1.O=Cc1ccc(Oc2ccc(OC(F)(F)F)cc2)cc1.Oc1ccc(OC(F)(F)F)cc1. The highest BCUT2D eigenvalue weighted by molar-refractivity contribution is 5.75. The Morgan fingerprint density at radius 1 is 0.512 bits per heavy atom. The molecule has 0 heterocycles. The second-order valence-corrected chi connectivity index (χ2v) is 7.52. The van der Waals surface area contributed by atoms with Crippen LogP contribution in [-0.2, 0) is 0 Å². The van der Waals surface area contributed by atoms with Gasteiger partial charge in [0.1, 0.15) is 47.1 Å². The number of ether oxygens (including phenoxy) is 3. The summed E-state index contributed by atoms with van der Waals surface area (Å²) in [6.07, 6.45) is -8.02. The number of hydrogen-bond donors (Lipinski definition) is 1. The molecule has 0 amide bonds. The van der Waals surface area contributed by atoms with Gasteiger partial charge in [0.2, 0.25) is 0 Å². The van der Waals surface area contributed by atoms with E-state index in [2.05, 4.69) is 9.47 Å². The van der Waals surface area contributed by atoms with E-state index in [4.69, 9.17) is 9.84 Å². The minimum absolute atomic E-state index is 0.107. The van der Waals surface area contributed by atoms with E-state index in [1.807, 2.05) is 0 Å². The highest BCUT2D eigenvalue weighted by atomic mass is 19.4. The molecule has 0 aromatic heterocycles. The van der Waals surface area contributed by atoms with Crippen LogP contribution < -0.4 is 14.2 Å². The van der Waals surface area contributed by atoms with Crippen LogP contribution in [0.1, 0.15) is 20.7 Å². The fourth-order valence-corrected chi connectivity index (χ4v) is 2.65. The van der Waals surface area contributed by atoms with Gasteiger partial charge in [0.05, 0.1) is 0 Å². The van der Waals surface area contributed by atoms with Crippen LogP contribution in [0.4, 0.5) is 30.7 Å². The summed E-state index contributed by atoms with van der Waals surface area (Å²) in [5.74, 6) is -0.259. The summed E-state index contributed by atoms with van der Waals surface area (Å²) in [6, 6.07) is 21.0. The molecule has 41 heavy (non-hydrogen) atoms. The number of aldehydes is 2. The Morgan fingerprint density at radius 2 is 0.829 bits per heavy atom. The van der Waals surface area contributed by atoms with Gasteiger partial charge in [0, 0.05) is 11.1 Å². The standard InChI is InChI=1S/C14H9F3O3.C7H5F3O2.C7H5FO/c15-14(16,17)20-13-7-5-12(6-8-13)19-11-3-1-10(9-18)2-4-11;8-7(9,10)12-6-3-1-5(11)2-4-6;8-7-3-1-6(5-9)2-4-7/h1-9H;1-4,11H;1-5H. The zero-order valence-electron chi connectivity index (χ0n) is 20.5. The van der Waals surface area contributed by atoms with E-state index in [0.29, 0.717) is 35.2 Å². The molecular formula is C28H19F7O6. The molecule has 0 spiro atoms. The number of alkyl halides is 6. The zero-order valence-corrected chi connectivity index (χ0v) is 20.5. The molecule has 0 aliphatic carbocycles. The molecule has 0 aliphatic rings. The Bertz CT molecular complexity index is 1350. The number of halogens is 7. The molecular weight excluding hydrogens is 565 g/mol. The van der Waals surface area contributed by atoms with Gasteiger partial charge in [0.25, 0.3) is 0 Å². The van der Waals surface area contributed by atoms with Crippen molar-refractivity contribution >= 4 is 12.6 Å². The lowest BCUT2D eigenvalue weighted by Gasteiger charge is -2.10. The van der Waals surface area contributed by atoms with Gasteiger partial charge in [-0.25, -0.2) is 4.39 Å². The van der Waals surface area contributed by atoms with E-state index < -0.39 is 12.7 Å². The van der Waals surface area contributed by atoms with E-state index in [1.54, 1.807) is 24.3 Å². The molecule has 13 heteroatoms. The normalized spacial score (nSPS) is 10.6. The Hall–Kier alpha value is -5.07. The number of hydrogen-bond acceptors (Lipinski definition) is 6. The van der Waals surface area contributed by atoms with Crippen molar-refractivity contribution in [1.29, 1.82) is 0 Å². The van der Waals surface area contributed by atoms with Crippen molar-refractivity contribution in [3.8, 4) is 28.7 Å². The number of carbonyl (C=O) groups excluding carboxylic acids is 2. The number of aromatic hydroxyl groups is 1. The van der Waals surface area contributed by atoms with Crippen molar-refractivity contribution in [1.82, 2.24) is 0 Å². The third kappa shape index (κ3) is 13.5. The predicted molar refractivity (Wildman–Crippen MR) is 132 cm³/mol. The smallest absolute Gasteiger partial charge is 0.508 e. The van der Waals surface area contributed by atoms with E-state index >= 15 is 0 Å². The van der Waals surface area contributed by atoms with Gasteiger partial charge < -0.3 is 19.3 Å². The molecule has 0 bridgehead atoms. The van der Waals surface area contributed by atoms with Gasteiger partial charge >= 0.3 is 12.7 Å². The van der Waals surface area contributed by atoms with Crippen LogP contribution in [0.2, 0.25) is 0 Å². The van der Waals surface area contributed by atoms with E-state index in [-0.39, 0.29) is 23.1 Å². The fraction of sp³-hybridized carbons (Fsp3) is 0.0714. The monoisotopic (exact) mass is 584 g/mol. The highest BCUT2D eigenvalue weighted by Gasteiger charge is 2.31. The topological polar surface area (TPSA) is 82.1 Å². The lowest BCUT2D eigenvalue weighted by atomic mass is 10.2. The molecule has 4 aromatic carbocycles. The van der Waals surface area contributed by atoms with Gasteiger partial charge in [-0.3, -0.25) is 9.59 Å². The van der Waals surface area contributed by atoms with E-state index in [1.165, 1.54) is 36.4 Å². The molecule has 0 unspecified atom stereocenters. The van der Waals surface area contributed by atoms with Crippen LogP contribution in [0.25, 0.3) is 0 Å². The Morgan fingerprint density at radius 3 is 1.20 bits per heavy atom. The number of phenols is 1. The van der Waals surface area contributed by atoms with Crippen LogP contribution in [0.15, 0.2) is 97.1 Å². The van der Waals surface area contributed by atoms with Gasteiger partial charge in [-0.15, -0.1) is 26.3 Å². The van der Waals surface area contributed by atoms with Crippen molar-refractivity contribution in [2.75, 3.05) is 0 Å². The van der Waals surface area contributed by atoms with Gasteiger partial charge in [-0.2, -0.15) is 0 Å². The molecule has 0 radical (unpaired) electrons. The van der Waals surface area contributed by atoms with Crippen LogP contribution >= 0.6 is 0 Å². The minimum atomic E-state index is -4.72. The zero-order chi connectivity index (χ0) is 30.5. The highest BCUT2D eigenvalue weighted by Crippen LogP contribution is 2.27. The first-order valence-electron chi connectivity index (χ1n) is 11.1. The van der Waals surface area contributed by atoms with Crippen molar-refractivity contribution in [3.05, 3.63) is 114 Å². The molecule has 0 saturated carbocycles.